The summed E-state index contributed by atoms with van der Waals surface area (Å²) in [6.45, 7) is 4.08. The number of aromatic carboxylic acids is 1. The molecule has 0 aliphatic rings. The summed E-state index contributed by atoms with van der Waals surface area (Å²) in [5.74, 6) is -0.0204. The van der Waals surface area contributed by atoms with Gasteiger partial charge in [-0.3, -0.25) is 0 Å². The fourth-order valence-electron chi connectivity index (χ4n) is 1.58. The van der Waals surface area contributed by atoms with Crippen LogP contribution >= 0.6 is 15.9 Å². The molecule has 0 radical (unpaired) electrons. The zero-order valence-corrected chi connectivity index (χ0v) is 12.3. The van der Waals surface area contributed by atoms with Gasteiger partial charge < -0.3 is 14.6 Å². The normalized spacial score (nSPS) is 10.5. The van der Waals surface area contributed by atoms with Crippen molar-refractivity contribution in [2.75, 3.05) is 7.11 Å². The molecule has 0 atom stereocenters. The number of hydrogen-bond acceptors (Lipinski definition) is 3. The van der Waals surface area contributed by atoms with E-state index in [1.807, 2.05) is 13.8 Å². The van der Waals surface area contributed by atoms with E-state index in [1.165, 1.54) is 19.2 Å². The Morgan fingerprint density at radius 2 is 2.00 bits per heavy atom. The van der Waals surface area contributed by atoms with E-state index in [0.717, 1.165) is 12.8 Å². The maximum Gasteiger partial charge on any atom is 0.335 e. The molecular formula is C13H17BrO4. The highest BCUT2D eigenvalue weighted by Crippen LogP contribution is 2.37. The third-order valence-electron chi connectivity index (χ3n) is 2.67. The SMILES string of the molecule is CCC(CC)Oc1c(Br)cc(C(=O)O)cc1OC. The fourth-order valence-corrected chi connectivity index (χ4v) is 2.12. The molecule has 1 aromatic rings. The van der Waals surface area contributed by atoms with Crippen molar-refractivity contribution in [3.05, 3.63) is 22.2 Å². The predicted octanol–water partition coefficient (Wildman–Crippen LogP) is 3.72. The highest BCUT2D eigenvalue weighted by Gasteiger charge is 2.17. The van der Waals surface area contributed by atoms with Crippen LogP contribution in [-0.4, -0.2) is 24.3 Å². The molecule has 0 aromatic heterocycles. The second-order valence-electron chi connectivity index (χ2n) is 3.85. The summed E-state index contributed by atoms with van der Waals surface area (Å²) in [5, 5.41) is 8.98. The number of methoxy groups -OCH3 is 1. The lowest BCUT2D eigenvalue weighted by Gasteiger charge is -2.19. The van der Waals surface area contributed by atoms with Gasteiger partial charge in [-0.1, -0.05) is 13.8 Å². The van der Waals surface area contributed by atoms with E-state index in [0.29, 0.717) is 16.0 Å². The number of carboxylic acids is 1. The molecule has 1 N–H and O–H groups in total. The molecule has 0 aliphatic carbocycles. The highest BCUT2D eigenvalue weighted by molar-refractivity contribution is 9.10. The molecule has 18 heavy (non-hydrogen) atoms. The van der Waals surface area contributed by atoms with Crippen LogP contribution < -0.4 is 9.47 Å². The summed E-state index contributed by atoms with van der Waals surface area (Å²) in [5.41, 5.74) is 0.163. The van der Waals surface area contributed by atoms with Crippen LogP contribution in [0.25, 0.3) is 0 Å². The minimum absolute atomic E-state index is 0.0888. The molecular weight excluding hydrogens is 300 g/mol. The van der Waals surface area contributed by atoms with Crippen molar-refractivity contribution in [1.29, 1.82) is 0 Å². The van der Waals surface area contributed by atoms with Gasteiger partial charge in [0.25, 0.3) is 0 Å². The lowest BCUT2D eigenvalue weighted by atomic mass is 10.2. The third-order valence-corrected chi connectivity index (χ3v) is 3.26. The average molecular weight is 317 g/mol. The number of halogens is 1. The van der Waals surface area contributed by atoms with Crippen LogP contribution in [0.1, 0.15) is 37.0 Å². The van der Waals surface area contributed by atoms with Gasteiger partial charge in [-0.15, -0.1) is 0 Å². The smallest absolute Gasteiger partial charge is 0.335 e. The lowest BCUT2D eigenvalue weighted by molar-refractivity contribution is 0.0696. The number of carboxylic acid groups (broad SMARTS) is 1. The largest absolute Gasteiger partial charge is 0.493 e. The van der Waals surface area contributed by atoms with Crippen molar-refractivity contribution in [2.24, 2.45) is 0 Å². The molecule has 0 saturated carbocycles. The van der Waals surface area contributed by atoms with Crippen molar-refractivity contribution in [3.8, 4) is 11.5 Å². The quantitative estimate of drug-likeness (QED) is 0.869. The molecule has 0 fully saturated rings. The fraction of sp³-hybridized carbons (Fsp3) is 0.462. The molecule has 1 aromatic carbocycles. The van der Waals surface area contributed by atoms with Gasteiger partial charge in [-0.05, 0) is 40.9 Å². The molecule has 0 unspecified atom stereocenters. The van der Waals surface area contributed by atoms with Crippen molar-refractivity contribution < 1.29 is 19.4 Å². The Morgan fingerprint density at radius 3 is 2.44 bits per heavy atom. The minimum atomic E-state index is -0.997. The van der Waals surface area contributed by atoms with E-state index < -0.39 is 5.97 Å². The number of rotatable bonds is 6. The Morgan fingerprint density at radius 1 is 1.39 bits per heavy atom. The highest BCUT2D eigenvalue weighted by atomic mass is 79.9. The van der Waals surface area contributed by atoms with E-state index in [1.54, 1.807) is 0 Å². The van der Waals surface area contributed by atoms with Crippen molar-refractivity contribution >= 4 is 21.9 Å². The molecule has 0 aliphatic heterocycles. The Hall–Kier alpha value is -1.23. The molecule has 1 rings (SSSR count). The van der Waals surface area contributed by atoms with Crippen LogP contribution in [0, 0.1) is 0 Å². The molecule has 5 heteroatoms. The van der Waals surface area contributed by atoms with Gasteiger partial charge >= 0.3 is 5.97 Å². The molecule has 0 amide bonds. The predicted molar refractivity (Wildman–Crippen MR) is 72.7 cm³/mol. The average Bonchev–Trinajstić information content (AvgIpc) is 2.36. The molecule has 0 bridgehead atoms. The lowest BCUT2D eigenvalue weighted by Crippen LogP contribution is -2.15. The van der Waals surface area contributed by atoms with Crippen molar-refractivity contribution in [2.45, 2.75) is 32.8 Å². The summed E-state index contributed by atoms with van der Waals surface area (Å²) < 4.78 is 11.6. The summed E-state index contributed by atoms with van der Waals surface area (Å²) in [6, 6.07) is 2.98. The summed E-state index contributed by atoms with van der Waals surface area (Å²) in [6.07, 6.45) is 1.85. The van der Waals surface area contributed by atoms with Gasteiger partial charge in [0.1, 0.15) is 0 Å². The van der Waals surface area contributed by atoms with E-state index in [2.05, 4.69) is 15.9 Å². The number of hydrogen-bond donors (Lipinski definition) is 1. The summed E-state index contributed by atoms with van der Waals surface area (Å²) in [4.78, 5) is 10.9. The molecule has 4 nitrogen and oxygen atoms in total. The van der Waals surface area contributed by atoms with E-state index in [-0.39, 0.29) is 11.7 Å². The molecule has 0 saturated heterocycles. The van der Waals surface area contributed by atoms with Gasteiger partial charge in [-0.2, -0.15) is 0 Å². The molecule has 100 valence electrons. The maximum absolute atomic E-state index is 10.9. The maximum atomic E-state index is 10.9. The first-order chi connectivity index (χ1) is 8.53. The third kappa shape index (κ3) is 3.38. The van der Waals surface area contributed by atoms with Crippen molar-refractivity contribution in [3.63, 3.8) is 0 Å². The van der Waals surface area contributed by atoms with Gasteiger partial charge in [0.05, 0.1) is 23.2 Å². The molecule has 0 spiro atoms. The first-order valence-electron chi connectivity index (χ1n) is 5.80. The number of ether oxygens (including phenoxy) is 2. The first kappa shape index (κ1) is 14.8. The van der Waals surface area contributed by atoms with Crippen LogP contribution in [0.3, 0.4) is 0 Å². The second-order valence-corrected chi connectivity index (χ2v) is 4.71. The number of carbonyl (C=O) groups is 1. The van der Waals surface area contributed by atoms with E-state index in [9.17, 15) is 4.79 Å². The van der Waals surface area contributed by atoms with Crippen LogP contribution in [-0.2, 0) is 0 Å². The Kier molecular flexibility index (Phi) is 5.47. The van der Waals surface area contributed by atoms with Crippen LogP contribution in [0.4, 0.5) is 0 Å². The Balaban J connectivity index is 3.14. The van der Waals surface area contributed by atoms with Gasteiger partial charge in [-0.25, -0.2) is 4.79 Å². The van der Waals surface area contributed by atoms with E-state index >= 15 is 0 Å². The summed E-state index contributed by atoms with van der Waals surface area (Å²) >= 11 is 3.33. The van der Waals surface area contributed by atoms with E-state index in [4.69, 9.17) is 14.6 Å². The van der Waals surface area contributed by atoms with Crippen LogP contribution in [0.5, 0.6) is 11.5 Å². The zero-order valence-electron chi connectivity index (χ0n) is 10.7. The molecule has 0 heterocycles. The van der Waals surface area contributed by atoms with Crippen LogP contribution in [0.15, 0.2) is 16.6 Å². The second kappa shape index (κ2) is 6.64. The topological polar surface area (TPSA) is 55.8 Å². The van der Waals surface area contributed by atoms with Gasteiger partial charge in [0.2, 0.25) is 0 Å². The Labute approximate surface area is 115 Å². The number of benzene rings is 1. The van der Waals surface area contributed by atoms with Crippen LogP contribution in [0.2, 0.25) is 0 Å². The zero-order chi connectivity index (χ0) is 13.7. The van der Waals surface area contributed by atoms with Gasteiger partial charge in [0, 0.05) is 0 Å². The van der Waals surface area contributed by atoms with Crippen molar-refractivity contribution in [1.82, 2.24) is 0 Å². The monoisotopic (exact) mass is 316 g/mol. The summed E-state index contributed by atoms with van der Waals surface area (Å²) in [7, 11) is 1.49. The first-order valence-corrected chi connectivity index (χ1v) is 6.60. The van der Waals surface area contributed by atoms with Gasteiger partial charge in [0.15, 0.2) is 11.5 Å². The standard InChI is InChI=1S/C13H17BrO4/c1-4-9(5-2)18-12-10(14)6-8(13(15)16)7-11(12)17-3/h6-7,9H,4-5H2,1-3H3,(H,15,16). The Bertz CT molecular complexity index is 427. The minimum Gasteiger partial charge on any atom is -0.493 e.